The number of nitrogens with zero attached hydrogens (tertiary/aromatic N) is 5. The molecule has 1 atom stereocenters. The fraction of sp³-hybridized carbons (Fsp3) is 0.333. The van der Waals surface area contributed by atoms with Crippen LogP contribution in [0.3, 0.4) is 0 Å². The van der Waals surface area contributed by atoms with Crippen LogP contribution in [0.4, 0.5) is 11.5 Å². The van der Waals surface area contributed by atoms with Crippen molar-refractivity contribution in [3.63, 3.8) is 0 Å². The number of nitrogens with one attached hydrogen (secondary N) is 1. The molecular formula is C21H22N6O. The molecule has 1 saturated heterocycles. The number of hydrogen-bond acceptors (Lipinski definition) is 7. The Balaban J connectivity index is 1.45. The highest BCUT2D eigenvalue weighted by molar-refractivity contribution is 5.54. The minimum atomic E-state index is 0.247. The first kappa shape index (κ1) is 18.1. The summed E-state index contributed by atoms with van der Waals surface area (Å²) in [6.07, 6.45) is 8.65. The molecular weight excluding hydrogens is 352 g/mol. The molecule has 0 aromatic carbocycles. The zero-order valence-electron chi connectivity index (χ0n) is 15.8. The maximum absolute atomic E-state index is 8.82. The summed E-state index contributed by atoms with van der Waals surface area (Å²) in [5, 5.41) is 12.0. The van der Waals surface area contributed by atoms with Crippen molar-refractivity contribution in [2.75, 3.05) is 11.9 Å². The van der Waals surface area contributed by atoms with E-state index >= 15 is 0 Å². The number of aryl methyl sites for hydroxylation is 1. The predicted molar refractivity (Wildman–Crippen MR) is 105 cm³/mol. The molecule has 28 heavy (non-hydrogen) atoms. The molecule has 3 aromatic heterocycles. The van der Waals surface area contributed by atoms with E-state index in [0.717, 1.165) is 42.4 Å². The van der Waals surface area contributed by atoms with Crippen LogP contribution in [0.25, 0.3) is 0 Å². The molecule has 7 nitrogen and oxygen atoms in total. The van der Waals surface area contributed by atoms with Gasteiger partial charge >= 0.3 is 0 Å². The van der Waals surface area contributed by atoms with Gasteiger partial charge in [-0.1, -0.05) is 6.42 Å². The van der Waals surface area contributed by atoms with Gasteiger partial charge in [-0.2, -0.15) is 5.26 Å². The maximum atomic E-state index is 8.82. The molecule has 4 rings (SSSR count). The van der Waals surface area contributed by atoms with E-state index in [0.29, 0.717) is 11.5 Å². The number of piperidine rings is 1. The largest absolute Gasteiger partial charge is 0.465 e. The molecule has 1 unspecified atom stereocenters. The second-order valence-electron chi connectivity index (χ2n) is 6.99. The van der Waals surface area contributed by atoms with Gasteiger partial charge in [-0.3, -0.25) is 9.88 Å². The van der Waals surface area contributed by atoms with Crippen LogP contribution in [0, 0.1) is 18.3 Å². The normalized spacial score (nSPS) is 17.2. The lowest BCUT2D eigenvalue weighted by Gasteiger charge is -2.34. The third-order valence-electron chi connectivity index (χ3n) is 4.93. The van der Waals surface area contributed by atoms with Crippen LogP contribution < -0.4 is 5.32 Å². The van der Waals surface area contributed by atoms with Gasteiger partial charge in [-0.25, -0.2) is 9.97 Å². The molecule has 0 aliphatic carbocycles. The first-order chi connectivity index (χ1) is 13.7. The summed E-state index contributed by atoms with van der Waals surface area (Å²) in [5.41, 5.74) is 2.14. The molecule has 7 heteroatoms. The van der Waals surface area contributed by atoms with Gasteiger partial charge in [0, 0.05) is 0 Å². The third kappa shape index (κ3) is 4.18. The number of nitriles is 1. The zero-order chi connectivity index (χ0) is 19.3. The van der Waals surface area contributed by atoms with Crippen molar-refractivity contribution in [1.82, 2.24) is 19.9 Å². The highest BCUT2D eigenvalue weighted by atomic mass is 16.3. The molecule has 142 valence electrons. The van der Waals surface area contributed by atoms with Crippen molar-refractivity contribution >= 4 is 11.5 Å². The summed E-state index contributed by atoms with van der Waals surface area (Å²) in [6.45, 7) is 3.79. The quantitative estimate of drug-likeness (QED) is 0.718. The smallest absolute Gasteiger partial charge is 0.148 e. The van der Waals surface area contributed by atoms with Gasteiger partial charge in [0.05, 0.1) is 42.6 Å². The second kappa shape index (κ2) is 8.19. The summed E-state index contributed by atoms with van der Waals surface area (Å²) < 4.78 is 5.76. The molecule has 0 amide bonds. The summed E-state index contributed by atoms with van der Waals surface area (Å²) in [4.78, 5) is 15.6. The van der Waals surface area contributed by atoms with Gasteiger partial charge in [0.25, 0.3) is 0 Å². The summed E-state index contributed by atoms with van der Waals surface area (Å²) in [5.74, 6) is 2.58. The van der Waals surface area contributed by atoms with E-state index in [2.05, 4.69) is 25.2 Å². The average molecular weight is 374 g/mol. The van der Waals surface area contributed by atoms with Gasteiger partial charge in [0.2, 0.25) is 0 Å². The van der Waals surface area contributed by atoms with Crippen molar-refractivity contribution in [3.8, 4) is 6.07 Å². The molecule has 4 heterocycles. The monoisotopic (exact) mass is 374 g/mol. The minimum Gasteiger partial charge on any atom is -0.465 e. The molecule has 0 saturated carbocycles. The van der Waals surface area contributed by atoms with E-state index in [1.165, 1.54) is 12.8 Å². The topological polar surface area (TPSA) is 90.9 Å². The lowest BCUT2D eigenvalue weighted by atomic mass is 9.99. The van der Waals surface area contributed by atoms with E-state index in [1.54, 1.807) is 24.5 Å². The number of hydrogen-bond donors (Lipinski definition) is 1. The summed E-state index contributed by atoms with van der Waals surface area (Å²) >= 11 is 0. The van der Waals surface area contributed by atoms with Crippen LogP contribution in [0.15, 0.2) is 47.3 Å². The Morgan fingerprint density at radius 1 is 1.14 bits per heavy atom. The van der Waals surface area contributed by atoms with Crippen molar-refractivity contribution in [2.24, 2.45) is 0 Å². The lowest BCUT2D eigenvalue weighted by molar-refractivity contribution is 0.126. The summed E-state index contributed by atoms with van der Waals surface area (Å²) in [6, 6.07) is 9.78. The Labute approximate surface area is 164 Å². The molecule has 1 N–H and O–H groups in total. The molecule has 3 aromatic rings. The third-order valence-corrected chi connectivity index (χ3v) is 4.93. The number of furan rings is 1. The number of likely N-dealkylation sites (tertiary alicyclic amines) is 1. The number of anilines is 2. The number of aromatic nitrogens is 3. The Morgan fingerprint density at radius 2 is 2.07 bits per heavy atom. The predicted octanol–water partition coefficient (Wildman–Crippen LogP) is 4.12. The van der Waals surface area contributed by atoms with Crippen molar-refractivity contribution in [3.05, 3.63) is 65.8 Å². The van der Waals surface area contributed by atoms with Gasteiger partial charge < -0.3 is 9.73 Å². The molecule has 1 fully saturated rings. The van der Waals surface area contributed by atoms with E-state index < -0.39 is 0 Å². The van der Waals surface area contributed by atoms with Crippen LogP contribution >= 0.6 is 0 Å². The molecule has 0 bridgehead atoms. The molecule has 1 aliphatic rings. The lowest BCUT2D eigenvalue weighted by Crippen LogP contribution is -2.33. The average Bonchev–Trinajstić information content (AvgIpc) is 3.14. The van der Waals surface area contributed by atoms with Crippen LogP contribution in [0.1, 0.15) is 48.2 Å². The second-order valence-corrected chi connectivity index (χ2v) is 6.99. The van der Waals surface area contributed by atoms with Crippen molar-refractivity contribution in [2.45, 2.75) is 38.8 Å². The van der Waals surface area contributed by atoms with E-state index in [4.69, 9.17) is 9.68 Å². The van der Waals surface area contributed by atoms with Crippen molar-refractivity contribution in [1.29, 1.82) is 5.26 Å². The molecule has 0 radical (unpaired) electrons. The number of pyridine rings is 1. The highest BCUT2D eigenvalue weighted by Crippen LogP contribution is 2.31. The van der Waals surface area contributed by atoms with Crippen LogP contribution in [-0.4, -0.2) is 26.4 Å². The van der Waals surface area contributed by atoms with Crippen LogP contribution in [0.5, 0.6) is 0 Å². The highest BCUT2D eigenvalue weighted by Gasteiger charge is 2.26. The fourth-order valence-electron chi connectivity index (χ4n) is 3.54. The van der Waals surface area contributed by atoms with E-state index in [1.807, 2.05) is 31.3 Å². The zero-order valence-corrected chi connectivity index (χ0v) is 15.8. The molecule has 1 aliphatic heterocycles. The Bertz CT molecular complexity index is 958. The maximum Gasteiger partial charge on any atom is 0.148 e. The van der Waals surface area contributed by atoms with Crippen molar-refractivity contribution < 1.29 is 4.42 Å². The van der Waals surface area contributed by atoms with Crippen LogP contribution in [-0.2, 0) is 6.54 Å². The summed E-state index contributed by atoms with van der Waals surface area (Å²) in [7, 11) is 0. The first-order valence-electron chi connectivity index (χ1n) is 9.46. The van der Waals surface area contributed by atoms with Crippen LogP contribution in [0.2, 0.25) is 0 Å². The van der Waals surface area contributed by atoms with Gasteiger partial charge in [0.15, 0.2) is 0 Å². The Hall–Kier alpha value is -3.24. The van der Waals surface area contributed by atoms with Gasteiger partial charge in [-0.15, -0.1) is 0 Å². The minimum absolute atomic E-state index is 0.247. The van der Waals surface area contributed by atoms with E-state index in [9.17, 15) is 0 Å². The fourth-order valence-corrected chi connectivity index (χ4v) is 3.54. The van der Waals surface area contributed by atoms with Gasteiger partial charge in [0.1, 0.15) is 29.1 Å². The standard InChI is InChI=1S/C21H22N6O/c1-15-5-8-18(28-15)14-27-9-3-2-4-20(27)19-12-25-21(13-24-19)26-17-7-6-16(10-22)23-11-17/h5-8,11-13,20H,2-4,9,14H2,1H3,(H,25,26). The van der Waals surface area contributed by atoms with E-state index in [-0.39, 0.29) is 6.04 Å². The Morgan fingerprint density at radius 3 is 2.75 bits per heavy atom. The Kier molecular flexibility index (Phi) is 5.31. The number of rotatable bonds is 5. The van der Waals surface area contributed by atoms with Gasteiger partial charge in [-0.05, 0) is 50.6 Å². The molecule has 0 spiro atoms. The SMILES string of the molecule is Cc1ccc(CN2CCCCC2c2cnc(Nc3ccc(C#N)nc3)cn2)o1. The first-order valence-corrected chi connectivity index (χ1v) is 9.46.